The van der Waals surface area contributed by atoms with E-state index in [4.69, 9.17) is 4.74 Å². The lowest BCUT2D eigenvalue weighted by molar-refractivity contribution is -0.122. The monoisotopic (exact) mass is 390 g/mol. The number of hydrogen-bond acceptors (Lipinski definition) is 5. The Hall–Kier alpha value is -1.99. The molecule has 3 rings (SSSR count). The van der Waals surface area contributed by atoms with E-state index < -0.39 is 0 Å². The molecule has 1 amide bonds. The second-order valence-electron chi connectivity index (χ2n) is 5.77. The molecule has 0 spiro atoms. The Morgan fingerprint density at radius 3 is 2.54 bits per heavy atom. The summed E-state index contributed by atoms with van der Waals surface area (Å²) in [6.07, 6.45) is 1.50. The van der Waals surface area contributed by atoms with Crippen molar-refractivity contribution < 1.29 is 9.53 Å². The van der Waals surface area contributed by atoms with Crippen LogP contribution in [-0.4, -0.2) is 29.3 Å². The van der Waals surface area contributed by atoms with Crippen LogP contribution in [0.1, 0.15) is 18.4 Å². The predicted octanol–water partition coefficient (Wildman–Crippen LogP) is 3.66. The van der Waals surface area contributed by atoms with Crippen molar-refractivity contribution >= 4 is 39.2 Å². The fraction of sp³-hybridized carbons (Fsp3) is 0.353. The summed E-state index contributed by atoms with van der Waals surface area (Å²) in [6.45, 7) is 3.30. The van der Waals surface area contributed by atoms with Crippen molar-refractivity contribution in [2.45, 2.75) is 19.8 Å². The maximum atomic E-state index is 12.2. The topological polar surface area (TPSA) is 76.1 Å². The zero-order valence-electron chi connectivity index (χ0n) is 13.4. The molecule has 1 fully saturated rings. The average molecular weight is 391 g/mol. The normalized spacial score (nSPS) is 15.1. The van der Waals surface area contributed by atoms with Gasteiger partial charge in [0, 0.05) is 29.3 Å². The molecule has 0 unspecified atom stereocenters. The molecule has 0 saturated carbocycles. The molecule has 2 N–H and O–H groups in total. The maximum absolute atomic E-state index is 12.2. The number of benzene rings is 1. The fourth-order valence-electron chi connectivity index (χ4n) is 2.52. The van der Waals surface area contributed by atoms with Crippen LogP contribution in [0.15, 0.2) is 34.8 Å². The van der Waals surface area contributed by atoms with Gasteiger partial charge >= 0.3 is 0 Å². The number of ether oxygens (including phenoxy) is 1. The summed E-state index contributed by atoms with van der Waals surface area (Å²) >= 11 is 3.48. The number of nitrogens with zero attached hydrogens (tertiary/aromatic N) is 2. The van der Waals surface area contributed by atoms with Crippen molar-refractivity contribution in [3.8, 4) is 0 Å². The minimum absolute atomic E-state index is 0.0101. The van der Waals surface area contributed by atoms with Crippen LogP contribution >= 0.6 is 15.9 Å². The molecule has 1 aromatic carbocycles. The Morgan fingerprint density at radius 2 is 1.88 bits per heavy atom. The second-order valence-corrected chi connectivity index (χ2v) is 6.62. The Morgan fingerprint density at radius 1 is 1.17 bits per heavy atom. The van der Waals surface area contributed by atoms with Gasteiger partial charge in [-0.05, 0) is 55.7 Å². The third kappa shape index (κ3) is 4.30. The summed E-state index contributed by atoms with van der Waals surface area (Å²) in [5.41, 5.74) is 2.07. The van der Waals surface area contributed by atoms with E-state index in [1.54, 1.807) is 12.1 Å². The lowest BCUT2D eigenvalue weighted by Crippen LogP contribution is -2.28. The highest BCUT2D eigenvalue weighted by atomic mass is 79.9. The third-order valence-electron chi connectivity index (χ3n) is 3.94. The van der Waals surface area contributed by atoms with E-state index in [-0.39, 0.29) is 11.8 Å². The molecule has 0 radical (unpaired) electrons. The van der Waals surface area contributed by atoms with Gasteiger partial charge in [-0.2, -0.15) is 0 Å². The first-order valence-corrected chi connectivity index (χ1v) is 8.66. The molecule has 7 heteroatoms. The number of anilines is 3. The van der Waals surface area contributed by atoms with Crippen molar-refractivity contribution in [3.05, 3.63) is 40.4 Å². The molecule has 1 aromatic heterocycles. The Balaban J connectivity index is 1.60. The first-order valence-electron chi connectivity index (χ1n) is 7.87. The van der Waals surface area contributed by atoms with E-state index in [1.807, 2.05) is 25.1 Å². The highest BCUT2D eigenvalue weighted by Crippen LogP contribution is 2.22. The smallest absolute Gasteiger partial charge is 0.228 e. The summed E-state index contributed by atoms with van der Waals surface area (Å²) in [5.74, 6) is 1.06. The zero-order valence-corrected chi connectivity index (χ0v) is 15.0. The number of aromatic nitrogens is 2. The van der Waals surface area contributed by atoms with Crippen LogP contribution in [0.5, 0.6) is 0 Å². The van der Waals surface area contributed by atoms with Crippen molar-refractivity contribution in [3.63, 3.8) is 0 Å². The minimum Gasteiger partial charge on any atom is -0.381 e. The van der Waals surface area contributed by atoms with Crippen LogP contribution in [0, 0.1) is 12.8 Å². The van der Waals surface area contributed by atoms with Gasteiger partial charge in [0.1, 0.15) is 0 Å². The van der Waals surface area contributed by atoms with E-state index >= 15 is 0 Å². The number of nitrogens with one attached hydrogen (secondary N) is 2. The Bertz CT molecular complexity index is 715. The molecule has 1 aliphatic rings. The molecule has 1 aliphatic heterocycles. The standard InChI is InChI=1S/C17H19BrN4O2/c1-11-10-13(2-3-14(11)18)19-15-4-5-16(22-21-15)20-17(23)12-6-8-24-9-7-12/h2-5,10,12H,6-9H2,1H3,(H,19,21)(H,20,22,23). The molecule has 1 saturated heterocycles. The number of hydrogen-bond donors (Lipinski definition) is 2. The molecule has 126 valence electrons. The number of halogens is 1. The van der Waals surface area contributed by atoms with E-state index in [2.05, 4.69) is 36.8 Å². The van der Waals surface area contributed by atoms with Gasteiger partial charge < -0.3 is 15.4 Å². The highest BCUT2D eigenvalue weighted by Gasteiger charge is 2.21. The fourth-order valence-corrected chi connectivity index (χ4v) is 2.77. The van der Waals surface area contributed by atoms with Crippen LogP contribution < -0.4 is 10.6 Å². The first-order chi connectivity index (χ1) is 11.6. The highest BCUT2D eigenvalue weighted by molar-refractivity contribution is 9.10. The van der Waals surface area contributed by atoms with Gasteiger partial charge in [-0.25, -0.2) is 0 Å². The number of carbonyl (C=O) groups is 1. The Labute approximate surface area is 149 Å². The molecule has 6 nitrogen and oxygen atoms in total. The first kappa shape index (κ1) is 16.9. The molecule has 0 bridgehead atoms. The third-order valence-corrected chi connectivity index (χ3v) is 4.83. The molecular formula is C17H19BrN4O2. The van der Waals surface area contributed by atoms with Gasteiger partial charge in [-0.3, -0.25) is 4.79 Å². The van der Waals surface area contributed by atoms with Gasteiger partial charge in [0.2, 0.25) is 5.91 Å². The number of amides is 1. The number of rotatable bonds is 4. The summed E-state index contributed by atoms with van der Waals surface area (Å²) in [4.78, 5) is 12.2. The molecular weight excluding hydrogens is 372 g/mol. The second kappa shape index (κ2) is 7.72. The molecule has 2 heterocycles. The lowest BCUT2D eigenvalue weighted by Gasteiger charge is -2.20. The van der Waals surface area contributed by atoms with Crippen LogP contribution in [0.4, 0.5) is 17.3 Å². The Kier molecular flexibility index (Phi) is 5.42. The predicted molar refractivity (Wildman–Crippen MR) is 96.4 cm³/mol. The van der Waals surface area contributed by atoms with Crippen molar-refractivity contribution in [2.75, 3.05) is 23.8 Å². The van der Waals surface area contributed by atoms with Gasteiger partial charge in [-0.1, -0.05) is 15.9 Å². The maximum Gasteiger partial charge on any atom is 0.228 e. The van der Waals surface area contributed by atoms with Crippen molar-refractivity contribution in [2.24, 2.45) is 5.92 Å². The van der Waals surface area contributed by atoms with E-state index in [9.17, 15) is 4.79 Å². The molecule has 0 atom stereocenters. The molecule has 2 aromatic rings. The SMILES string of the molecule is Cc1cc(Nc2ccc(NC(=O)C3CCOCC3)nn2)ccc1Br. The van der Waals surface area contributed by atoms with Crippen LogP contribution in [0.3, 0.4) is 0 Å². The van der Waals surface area contributed by atoms with Crippen LogP contribution in [-0.2, 0) is 9.53 Å². The van der Waals surface area contributed by atoms with Crippen molar-refractivity contribution in [1.82, 2.24) is 10.2 Å². The van der Waals surface area contributed by atoms with Gasteiger partial charge in [0.05, 0.1) is 0 Å². The number of carbonyl (C=O) groups excluding carboxylic acids is 1. The van der Waals surface area contributed by atoms with Gasteiger partial charge in [0.15, 0.2) is 11.6 Å². The average Bonchev–Trinajstić information content (AvgIpc) is 2.61. The van der Waals surface area contributed by atoms with Gasteiger partial charge in [-0.15, -0.1) is 10.2 Å². The van der Waals surface area contributed by atoms with Gasteiger partial charge in [0.25, 0.3) is 0 Å². The lowest BCUT2D eigenvalue weighted by atomic mass is 9.99. The summed E-state index contributed by atoms with van der Waals surface area (Å²) in [5, 5.41) is 14.2. The zero-order chi connectivity index (χ0) is 16.9. The summed E-state index contributed by atoms with van der Waals surface area (Å²) in [7, 11) is 0. The summed E-state index contributed by atoms with van der Waals surface area (Å²) < 4.78 is 6.33. The van der Waals surface area contributed by atoms with E-state index in [0.717, 1.165) is 28.6 Å². The van der Waals surface area contributed by atoms with Crippen molar-refractivity contribution in [1.29, 1.82) is 0 Å². The van der Waals surface area contributed by atoms with E-state index in [1.165, 1.54) is 0 Å². The minimum atomic E-state index is -0.0168. The largest absolute Gasteiger partial charge is 0.381 e. The van der Waals surface area contributed by atoms with E-state index in [0.29, 0.717) is 24.8 Å². The molecule has 0 aliphatic carbocycles. The van der Waals surface area contributed by atoms with Crippen LogP contribution in [0.25, 0.3) is 0 Å². The number of aryl methyl sites for hydroxylation is 1. The quantitative estimate of drug-likeness (QED) is 0.832. The molecule has 24 heavy (non-hydrogen) atoms. The van der Waals surface area contributed by atoms with Crippen LogP contribution in [0.2, 0.25) is 0 Å². The summed E-state index contributed by atoms with van der Waals surface area (Å²) in [6, 6.07) is 9.50.